The van der Waals surface area contributed by atoms with E-state index in [4.69, 9.17) is 4.74 Å². The highest BCUT2D eigenvalue weighted by Crippen LogP contribution is 2.23. The zero-order valence-corrected chi connectivity index (χ0v) is 12.1. The Morgan fingerprint density at radius 1 is 1.63 bits per heavy atom. The Morgan fingerprint density at radius 2 is 2.37 bits per heavy atom. The van der Waals surface area contributed by atoms with Crippen molar-refractivity contribution in [3.05, 3.63) is 29.6 Å². The monoisotopic (exact) mass is 331 g/mol. The normalized spacial score (nSPS) is 23.4. The van der Waals surface area contributed by atoms with Crippen LogP contribution >= 0.6 is 15.9 Å². The molecular formula is C13H15BrFNO3. The SMILES string of the molecule is CC1COC(CBr)CN1C(=O)c1ccc(F)cc1O. The molecule has 0 saturated carbocycles. The van der Waals surface area contributed by atoms with Crippen LogP contribution in [0.5, 0.6) is 5.75 Å². The van der Waals surface area contributed by atoms with Crippen molar-refractivity contribution in [2.24, 2.45) is 0 Å². The second kappa shape index (κ2) is 5.88. The molecule has 1 aromatic carbocycles. The van der Waals surface area contributed by atoms with Gasteiger partial charge in [-0.3, -0.25) is 4.79 Å². The largest absolute Gasteiger partial charge is 0.507 e. The number of phenols is 1. The van der Waals surface area contributed by atoms with Crippen LogP contribution in [0.1, 0.15) is 17.3 Å². The molecule has 1 amide bonds. The third kappa shape index (κ3) is 3.06. The second-order valence-electron chi connectivity index (χ2n) is 4.58. The number of nitrogens with zero attached hydrogens (tertiary/aromatic N) is 1. The predicted octanol–water partition coefficient (Wildman–Crippen LogP) is 2.16. The van der Waals surface area contributed by atoms with Crippen molar-refractivity contribution in [2.75, 3.05) is 18.5 Å². The van der Waals surface area contributed by atoms with Crippen molar-refractivity contribution in [3.8, 4) is 5.75 Å². The molecule has 1 aromatic rings. The van der Waals surface area contributed by atoms with E-state index in [0.717, 1.165) is 6.07 Å². The van der Waals surface area contributed by atoms with Crippen LogP contribution < -0.4 is 0 Å². The number of aromatic hydroxyl groups is 1. The molecule has 1 heterocycles. The molecule has 104 valence electrons. The predicted molar refractivity (Wildman–Crippen MR) is 72.1 cm³/mol. The molecule has 6 heteroatoms. The molecule has 2 rings (SSSR count). The zero-order chi connectivity index (χ0) is 14.0. The van der Waals surface area contributed by atoms with Crippen LogP contribution in [0.3, 0.4) is 0 Å². The average molecular weight is 332 g/mol. The third-order valence-corrected chi connectivity index (χ3v) is 3.85. The van der Waals surface area contributed by atoms with Gasteiger partial charge < -0.3 is 14.7 Å². The van der Waals surface area contributed by atoms with Crippen molar-refractivity contribution in [2.45, 2.75) is 19.1 Å². The van der Waals surface area contributed by atoms with Crippen LogP contribution in [-0.4, -0.2) is 46.5 Å². The van der Waals surface area contributed by atoms with Gasteiger partial charge >= 0.3 is 0 Å². The molecule has 1 N–H and O–H groups in total. The molecular weight excluding hydrogens is 317 g/mol. The van der Waals surface area contributed by atoms with Gasteiger partial charge in [-0.05, 0) is 19.1 Å². The summed E-state index contributed by atoms with van der Waals surface area (Å²) in [6.45, 7) is 2.77. The molecule has 0 radical (unpaired) electrons. The van der Waals surface area contributed by atoms with Gasteiger partial charge in [0.15, 0.2) is 0 Å². The minimum Gasteiger partial charge on any atom is -0.507 e. The van der Waals surface area contributed by atoms with E-state index in [1.807, 2.05) is 6.92 Å². The number of carbonyl (C=O) groups is 1. The average Bonchev–Trinajstić information content (AvgIpc) is 2.38. The van der Waals surface area contributed by atoms with Gasteiger partial charge in [-0.25, -0.2) is 4.39 Å². The van der Waals surface area contributed by atoms with Crippen molar-refractivity contribution in [1.29, 1.82) is 0 Å². The fourth-order valence-corrected chi connectivity index (χ4v) is 2.43. The summed E-state index contributed by atoms with van der Waals surface area (Å²) in [5.74, 6) is -1.21. The van der Waals surface area contributed by atoms with Gasteiger partial charge in [-0.15, -0.1) is 0 Å². The van der Waals surface area contributed by atoms with Gasteiger partial charge in [-0.1, -0.05) is 15.9 Å². The number of hydrogen-bond donors (Lipinski definition) is 1. The fourth-order valence-electron chi connectivity index (χ4n) is 2.03. The number of rotatable bonds is 2. The molecule has 0 spiro atoms. The first kappa shape index (κ1) is 14.3. The van der Waals surface area contributed by atoms with Crippen LogP contribution in [0.4, 0.5) is 4.39 Å². The van der Waals surface area contributed by atoms with Gasteiger partial charge in [-0.2, -0.15) is 0 Å². The summed E-state index contributed by atoms with van der Waals surface area (Å²) in [4.78, 5) is 14.0. The molecule has 0 aliphatic carbocycles. The lowest BCUT2D eigenvalue weighted by atomic mass is 10.1. The lowest BCUT2D eigenvalue weighted by Crippen LogP contribution is -2.51. The van der Waals surface area contributed by atoms with E-state index in [-0.39, 0.29) is 29.4 Å². The Hall–Kier alpha value is -1.14. The summed E-state index contributed by atoms with van der Waals surface area (Å²) in [6, 6.07) is 3.34. The zero-order valence-electron chi connectivity index (χ0n) is 10.5. The molecule has 0 bridgehead atoms. The molecule has 1 saturated heterocycles. The van der Waals surface area contributed by atoms with Gasteiger partial charge in [0.1, 0.15) is 11.6 Å². The number of phenolic OH excluding ortho intramolecular Hbond substituents is 1. The fraction of sp³-hybridized carbons (Fsp3) is 0.462. The van der Waals surface area contributed by atoms with Crippen molar-refractivity contribution in [3.63, 3.8) is 0 Å². The summed E-state index contributed by atoms with van der Waals surface area (Å²) in [6.07, 6.45) is -0.0669. The molecule has 0 aromatic heterocycles. The van der Waals surface area contributed by atoms with Crippen LogP contribution in [0, 0.1) is 5.82 Å². The summed E-state index contributed by atoms with van der Waals surface area (Å²) in [7, 11) is 0. The van der Waals surface area contributed by atoms with Crippen LogP contribution in [-0.2, 0) is 4.74 Å². The first-order chi connectivity index (χ1) is 9.02. The molecule has 4 nitrogen and oxygen atoms in total. The lowest BCUT2D eigenvalue weighted by Gasteiger charge is -2.37. The van der Waals surface area contributed by atoms with E-state index in [2.05, 4.69) is 15.9 Å². The van der Waals surface area contributed by atoms with E-state index in [1.54, 1.807) is 4.90 Å². The van der Waals surface area contributed by atoms with Gasteiger partial charge in [0, 0.05) is 17.9 Å². The van der Waals surface area contributed by atoms with E-state index < -0.39 is 5.82 Å². The molecule has 2 unspecified atom stereocenters. The topological polar surface area (TPSA) is 49.8 Å². The standard InChI is InChI=1S/C13H15BrFNO3/c1-8-7-19-10(5-14)6-16(8)13(18)11-3-2-9(15)4-12(11)17/h2-4,8,10,17H,5-7H2,1H3. The first-order valence-corrected chi connectivity index (χ1v) is 7.12. The number of hydrogen-bond acceptors (Lipinski definition) is 3. The maximum atomic E-state index is 12.9. The van der Waals surface area contributed by atoms with Gasteiger partial charge in [0.25, 0.3) is 5.91 Å². The summed E-state index contributed by atoms with van der Waals surface area (Å²) < 4.78 is 18.5. The lowest BCUT2D eigenvalue weighted by molar-refractivity contribution is -0.0362. The van der Waals surface area contributed by atoms with Gasteiger partial charge in [0.2, 0.25) is 0 Å². The number of carbonyl (C=O) groups excluding carboxylic acids is 1. The Kier molecular flexibility index (Phi) is 4.42. The third-order valence-electron chi connectivity index (χ3n) is 3.13. The minimum atomic E-state index is -0.567. The van der Waals surface area contributed by atoms with E-state index in [0.29, 0.717) is 18.5 Å². The molecule has 1 fully saturated rings. The number of ether oxygens (including phenoxy) is 1. The van der Waals surface area contributed by atoms with E-state index in [1.165, 1.54) is 12.1 Å². The van der Waals surface area contributed by atoms with Crippen molar-refractivity contribution < 1.29 is 19.0 Å². The highest BCUT2D eigenvalue weighted by molar-refractivity contribution is 9.09. The van der Waals surface area contributed by atoms with Crippen LogP contribution in [0.15, 0.2) is 18.2 Å². The highest BCUT2D eigenvalue weighted by Gasteiger charge is 2.30. The summed E-state index contributed by atoms with van der Waals surface area (Å²) in [5, 5.41) is 10.3. The Balaban J connectivity index is 2.22. The van der Waals surface area contributed by atoms with Crippen molar-refractivity contribution in [1.82, 2.24) is 4.90 Å². The Labute approximate surface area is 119 Å². The minimum absolute atomic E-state index is 0.0669. The van der Waals surface area contributed by atoms with Crippen LogP contribution in [0.2, 0.25) is 0 Å². The maximum absolute atomic E-state index is 12.9. The van der Waals surface area contributed by atoms with Gasteiger partial charge in [0.05, 0.1) is 24.3 Å². The van der Waals surface area contributed by atoms with E-state index >= 15 is 0 Å². The number of alkyl halides is 1. The molecule has 2 atom stereocenters. The summed E-state index contributed by atoms with van der Waals surface area (Å²) in [5.41, 5.74) is 0.114. The number of morpholine rings is 1. The highest BCUT2D eigenvalue weighted by atomic mass is 79.9. The maximum Gasteiger partial charge on any atom is 0.258 e. The molecule has 19 heavy (non-hydrogen) atoms. The second-order valence-corrected chi connectivity index (χ2v) is 5.23. The Morgan fingerprint density at radius 3 is 3.00 bits per heavy atom. The molecule has 1 aliphatic rings. The Bertz CT molecular complexity index is 483. The first-order valence-electron chi connectivity index (χ1n) is 6.00. The smallest absolute Gasteiger partial charge is 0.258 e. The number of halogens is 2. The van der Waals surface area contributed by atoms with E-state index in [9.17, 15) is 14.3 Å². The summed E-state index contributed by atoms with van der Waals surface area (Å²) >= 11 is 3.33. The quantitative estimate of drug-likeness (QED) is 0.845. The number of benzene rings is 1. The molecule has 1 aliphatic heterocycles. The van der Waals surface area contributed by atoms with Crippen molar-refractivity contribution >= 4 is 21.8 Å². The number of amides is 1. The van der Waals surface area contributed by atoms with Crippen LogP contribution in [0.25, 0.3) is 0 Å².